The standard InChI is InChI=1S/C42H53N11O6/c1-27(54)48-38(22-32-25-44-26-46-32)41(57)52-37(20-28-10-4-3-5-11-28)40(56)51-36(14-8-9-19-47-53-42(58)50-30-15-17-33(59-2)18-16-30)39(55)49-31(23-43)21-29-24-45-35-13-7-6-12-34(29)35/h3-7,10-13,15-18,24-26,31,36-38,45,47H,8-9,14,19-23,43H2,1-2H3,(H,44,46)(H,48,54)(H,49,55)(H,51,56)(H,52,57)(H2,50,53,58)/t31-,36-,37+,38-/m0/s1. The molecule has 0 aliphatic carbocycles. The number of imidazole rings is 1. The summed E-state index contributed by atoms with van der Waals surface area (Å²) >= 11 is 0. The average molecular weight is 808 g/mol. The fraction of sp³-hybridized carbons (Fsp3) is 0.333. The van der Waals surface area contributed by atoms with E-state index < -0.39 is 53.8 Å². The number of benzene rings is 3. The summed E-state index contributed by atoms with van der Waals surface area (Å²) in [6.07, 6.45) is 6.85. The van der Waals surface area contributed by atoms with Crippen molar-refractivity contribution in [1.82, 2.24) is 47.1 Å². The molecule has 6 amide bonds. The highest BCUT2D eigenvalue weighted by Gasteiger charge is 2.30. The third kappa shape index (κ3) is 13.7. The van der Waals surface area contributed by atoms with Crippen molar-refractivity contribution < 1.29 is 28.7 Å². The first-order valence-corrected chi connectivity index (χ1v) is 19.5. The number of aromatic nitrogens is 3. The van der Waals surface area contributed by atoms with Gasteiger partial charge in [0, 0.05) is 73.6 Å². The van der Waals surface area contributed by atoms with E-state index in [1.54, 1.807) is 37.6 Å². The van der Waals surface area contributed by atoms with Gasteiger partial charge < -0.3 is 47.0 Å². The van der Waals surface area contributed by atoms with Gasteiger partial charge in [0.15, 0.2) is 0 Å². The lowest BCUT2D eigenvalue weighted by Crippen LogP contribution is -2.58. The maximum Gasteiger partial charge on any atom is 0.333 e. The number of hydrogen-bond acceptors (Lipinski definition) is 9. The molecule has 59 heavy (non-hydrogen) atoms. The number of fused-ring (bicyclic) bond motifs is 1. The Bertz CT molecular complexity index is 2110. The topological polar surface area (TPSA) is 249 Å². The largest absolute Gasteiger partial charge is 0.497 e. The molecule has 0 saturated carbocycles. The summed E-state index contributed by atoms with van der Waals surface area (Å²) in [6.45, 7) is 1.83. The number of ether oxygens (including phenoxy) is 1. The summed E-state index contributed by atoms with van der Waals surface area (Å²) in [6, 6.07) is 19.9. The molecule has 0 radical (unpaired) electrons. The van der Waals surface area contributed by atoms with Crippen LogP contribution < -0.4 is 47.9 Å². The predicted octanol–water partition coefficient (Wildman–Crippen LogP) is 2.34. The smallest absolute Gasteiger partial charge is 0.333 e. The van der Waals surface area contributed by atoms with Crippen molar-refractivity contribution in [2.24, 2.45) is 5.73 Å². The van der Waals surface area contributed by atoms with E-state index in [9.17, 15) is 24.0 Å². The third-order valence-corrected chi connectivity index (χ3v) is 9.59. The monoisotopic (exact) mass is 807 g/mol. The molecule has 5 rings (SSSR count). The van der Waals surface area contributed by atoms with E-state index in [2.05, 4.69) is 52.4 Å². The van der Waals surface area contributed by atoms with Gasteiger partial charge in [-0.25, -0.2) is 15.2 Å². The van der Waals surface area contributed by atoms with E-state index in [0.29, 0.717) is 42.9 Å². The lowest BCUT2D eigenvalue weighted by molar-refractivity contribution is -0.133. The molecule has 3 aromatic carbocycles. The number of hydrogen-bond donors (Lipinski definition) is 10. The van der Waals surface area contributed by atoms with Crippen molar-refractivity contribution in [2.45, 2.75) is 69.6 Å². The van der Waals surface area contributed by atoms with E-state index in [0.717, 1.165) is 22.0 Å². The Morgan fingerprint density at radius 3 is 2.15 bits per heavy atom. The molecule has 0 bridgehead atoms. The van der Waals surface area contributed by atoms with Crippen LogP contribution in [0.1, 0.15) is 43.0 Å². The first-order valence-electron chi connectivity index (χ1n) is 19.5. The number of para-hydroxylation sites is 1. The fourth-order valence-corrected chi connectivity index (χ4v) is 6.55. The number of carbonyl (C=O) groups excluding carboxylic acids is 5. The van der Waals surface area contributed by atoms with Gasteiger partial charge in [0.1, 0.15) is 23.9 Å². The summed E-state index contributed by atoms with van der Waals surface area (Å²) in [5, 5.41) is 15.2. The molecule has 0 aliphatic rings. The molecule has 11 N–H and O–H groups in total. The molecular weight excluding hydrogens is 755 g/mol. The van der Waals surface area contributed by atoms with Crippen molar-refractivity contribution in [3.63, 3.8) is 0 Å². The van der Waals surface area contributed by atoms with Crippen LogP contribution >= 0.6 is 0 Å². The minimum atomic E-state index is -1.11. The third-order valence-electron chi connectivity index (χ3n) is 9.59. The van der Waals surface area contributed by atoms with Gasteiger partial charge in [-0.3, -0.25) is 24.6 Å². The molecule has 0 aliphatic heterocycles. The summed E-state index contributed by atoms with van der Waals surface area (Å²) in [7, 11) is 1.56. The van der Waals surface area contributed by atoms with E-state index >= 15 is 0 Å². The number of hydrazine groups is 1. The van der Waals surface area contributed by atoms with Gasteiger partial charge in [-0.05, 0) is 67.1 Å². The van der Waals surface area contributed by atoms with Crippen molar-refractivity contribution >= 4 is 46.3 Å². The van der Waals surface area contributed by atoms with Gasteiger partial charge in [0.25, 0.3) is 0 Å². The van der Waals surface area contributed by atoms with Crippen LogP contribution in [0.3, 0.4) is 0 Å². The van der Waals surface area contributed by atoms with Crippen LogP contribution in [0.4, 0.5) is 10.5 Å². The highest BCUT2D eigenvalue weighted by atomic mass is 16.5. The van der Waals surface area contributed by atoms with Gasteiger partial charge in [-0.1, -0.05) is 48.5 Å². The number of rotatable bonds is 22. The molecule has 17 heteroatoms. The van der Waals surface area contributed by atoms with Gasteiger partial charge in [-0.15, -0.1) is 0 Å². The maximum atomic E-state index is 14.2. The Balaban J connectivity index is 1.26. The number of nitrogens with two attached hydrogens (primary N) is 1. The number of urea groups is 1. The van der Waals surface area contributed by atoms with Crippen LogP contribution in [0.5, 0.6) is 5.75 Å². The Morgan fingerprint density at radius 1 is 0.763 bits per heavy atom. The zero-order chi connectivity index (χ0) is 42.0. The molecule has 312 valence electrons. The fourth-order valence-electron chi connectivity index (χ4n) is 6.55. The van der Waals surface area contributed by atoms with Crippen LogP contribution in [-0.4, -0.2) is 89.0 Å². The highest BCUT2D eigenvalue weighted by Crippen LogP contribution is 2.19. The predicted molar refractivity (Wildman–Crippen MR) is 224 cm³/mol. The molecule has 2 aromatic heterocycles. The normalized spacial score (nSPS) is 13.0. The second kappa shape index (κ2) is 22.3. The zero-order valence-electron chi connectivity index (χ0n) is 33.2. The Hall–Kier alpha value is -6.72. The maximum absolute atomic E-state index is 14.2. The number of nitrogens with one attached hydrogen (secondary N) is 9. The number of anilines is 1. The molecule has 4 atom stereocenters. The number of amides is 6. The van der Waals surface area contributed by atoms with Gasteiger partial charge >= 0.3 is 6.03 Å². The van der Waals surface area contributed by atoms with E-state index in [4.69, 9.17) is 10.5 Å². The number of H-pyrrole nitrogens is 2. The summed E-state index contributed by atoms with van der Waals surface area (Å²) < 4.78 is 5.15. The first kappa shape index (κ1) is 43.4. The lowest BCUT2D eigenvalue weighted by Gasteiger charge is -2.26. The van der Waals surface area contributed by atoms with E-state index in [1.807, 2.05) is 60.8 Å². The summed E-state index contributed by atoms with van der Waals surface area (Å²) in [5.74, 6) is -1.35. The first-order chi connectivity index (χ1) is 28.6. The zero-order valence-corrected chi connectivity index (χ0v) is 33.2. The van der Waals surface area contributed by atoms with Gasteiger partial charge in [0.2, 0.25) is 23.6 Å². The van der Waals surface area contributed by atoms with Gasteiger partial charge in [-0.2, -0.15) is 0 Å². The number of nitrogens with zero attached hydrogens (tertiary/aromatic N) is 1. The lowest BCUT2D eigenvalue weighted by atomic mass is 10.0. The van der Waals surface area contributed by atoms with Crippen LogP contribution in [0.2, 0.25) is 0 Å². The van der Waals surface area contributed by atoms with Crippen molar-refractivity contribution in [3.05, 3.63) is 114 Å². The molecular formula is C42H53N11O6. The number of methoxy groups -OCH3 is 1. The molecule has 2 heterocycles. The van der Waals surface area contributed by atoms with Gasteiger partial charge in [0.05, 0.1) is 13.4 Å². The van der Waals surface area contributed by atoms with Crippen LogP contribution in [0.25, 0.3) is 10.9 Å². The second-order valence-electron chi connectivity index (χ2n) is 14.1. The molecule has 5 aromatic rings. The van der Waals surface area contributed by atoms with Crippen molar-refractivity contribution in [3.8, 4) is 5.75 Å². The molecule has 17 nitrogen and oxygen atoms in total. The highest BCUT2D eigenvalue weighted by molar-refractivity contribution is 5.94. The summed E-state index contributed by atoms with van der Waals surface area (Å²) in [4.78, 5) is 76.7. The SMILES string of the molecule is COc1ccc(NC(=O)NNCCCC[C@H](NC(=O)[C@@H](Cc2ccccc2)NC(=O)[C@H](Cc2cnc[nH]2)NC(C)=O)C(=O)N[C@H](CN)Cc2c[nH]c3ccccc23)cc1. The van der Waals surface area contributed by atoms with E-state index in [-0.39, 0.29) is 25.8 Å². The molecule has 0 fully saturated rings. The Labute approximate surface area is 342 Å². The minimum Gasteiger partial charge on any atom is -0.497 e. The summed E-state index contributed by atoms with van der Waals surface area (Å²) in [5.41, 5.74) is 15.6. The minimum absolute atomic E-state index is 0.110. The molecule has 0 saturated heterocycles. The quantitative estimate of drug-likeness (QED) is 0.0364. The van der Waals surface area contributed by atoms with Crippen LogP contribution in [-0.2, 0) is 38.4 Å². The Morgan fingerprint density at radius 2 is 1.46 bits per heavy atom. The average Bonchev–Trinajstić information content (AvgIpc) is 3.91. The molecule has 0 spiro atoms. The van der Waals surface area contributed by atoms with Crippen molar-refractivity contribution in [1.29, 1.82) is 0 Å². The Kier molecular flexibility index (Phi) is 16.4. The van der Waals surface area contributed by atoms with Crippen molar-refractivity contribution in [2.75, 3.05) is 25.5 Å². The molecule has 0 unspecified atom stereocenters. The number of aromatic amines is 2. The van der Waals surface area contributed by atoms with Crippen LogP contribution in [0, 0.1) is 0 Å². The van der Waals surface area contributed by atoms with Crippen LogP contribution in [0.15, 0.2) is 97.6 Å². The number of carbonyl (C=O) groups is 5. The van der Waals surface area contributed by atoms with E-state index in [1.165, 1.54) is 13.3 Å². The number of unbranched alkanes of at least 4 members (excludes halogenated alkanes) is 1. The second-order valence-corrected chi connectivity index (χ2v) is 14.1.